The number of hydrogen-bond acceptors (Lipinski definition) is 5. The van der Waals surface area contributed by atoms with Crippen LogP contribution in [-0.4, -0.2) is 27.8 Å². The summed E-state index contributed by atoms with van der Waals surface area (Å²) in [5.74, 6) is -1.15. The van der Waals surface area contributed by atoms with E-state index in [9.17, 15) is 19.3 Å². The number of non-ortho nitro benzene ring substituents is 1. The number of nitro groups is 1. The number of carbonyl (C=O) groups excluding carboxylic acids is 1. The third-order valence-corrected chi connectivity index (χ3v) is 4.01. The lowest BCUT2D eigenvalue weighted by Gasteiger charge is -2.06. The first kappa shape index (κ1) is 16.8. The highest BCUT2D eigenvalue weighted by molar-refractivity contribution is 6.31. The van der Waals surface area contributed by atoms with Crippen LogP contribution in [0.15, 0.2) is 36.4 Å². The van der Waals surface area contributed by atoms with Crippen molar-refractivity contribution in [1.82, 2.24) is 9.78 Å². The Labute approximate surface area is 145 Å². The Morgan fingerprint density at radius 1 is 1.36 bits per heavy atom. The number of benzene rings is 2. The maximum atomic E-state index is 13.2. The zero-order chi connectivity index (χ0) is 18.1. The molecule has 9 heteroatoms. The molecule has 7 nitrogen and oxygen atoms in total. The van der Waals surface area contributed by atoms with Crippen LogP contribution in [-0.2, 0) is 11.3 Å². The minimum Gasteiger partial charge on any atom is -0.464 e. The zero-order valence-electron chi connectivity index (χ0n) is 12.9. The molecular weight excluding hydrogens is 353 g/mol. The summed E-state index contributed by atoms with van der Waals surface area (Å²) < 4.78 is 19.3. The second-order valence-corrected chi connectivity index (χ2v) is 5.60. The number of nitrogens with zero attached hydrogens (tertiary/aromatic N) is 3. The lowest BCUT2D eigenvalue weighted by molar-refractivity contribution is -0.384. The maximum absolute atomic E-state index is 13.2. The van der Waals surface area contributed by atoms with Crippen molar-refractivity contribution in [1.29, 1.82) is 0 Å². The van der Waals surface area contributed by atoms with E-state index < -0.39 is 16.7 Å². The number of halogens is 2. The van der Waals surface area contributed by atoms with Crippen molar-refractivity contribution < 1.29 is 18.8 Å². The van der Waals surface area contributed by atoms with Gasteiger partial charge < -0.3 is 4.74 Å². The van der Waals surface area contributed by atoms with E-state index in [2.05, 4.69) is 5.10 Å². The van der Waals surface area contributed by atoms with Crippen LogP contribution in [0.25, 0.3) is 10.9 Å². The Morgan fingerprint density at radius 3 is 2.76 bits per heavy atom. The van der Waals surface area contributed by atoms with Gasteiger partial charge in [0.1, 0.15) is 5.82 Å². The third-order valence-electron chi connectivity index (χ3n) is 3.66. The molecule has 1 heterocycles. The molecule has 3 aromatic rings. The molecule has 0 amide bonds. The number of hydrogen-bond donors (Lipinski definition) is 0. The van der Waals surface area contributed by atoms with Crippen molar-refractivity contribution >= 4 is 34.2 Å². The summed E-state index contributed by atoms with van der Waals surface area (Å²) >= 11 is 6.03. The van der Waals surface area contributed by atoms with Gasteiger partial charge in [-0.3, -0.25) is 14.8 Å². The van der Waals surface area contributed by atoms with E-state index in [1.165, 1.54) is 42.1 Å². The summed E-state index contributed by atoms with van der Waals surface area (Å²) in [7, 11) is 1.22. The Morgan fingerprint density at radius 2 is 2.12 bits per heavy atom. The Kier molecular flexibility index (Phi) is 4.37. The van der Waals surface area contributed by atoms with Crippen molar-refractivity contribution in [3.8, 4) is 0 Å². The second-order valence-electron chi connectivity index (χ2n) is 5.19. The standard InChI is InChI=1S/C16H11ClFN3O4/c1-25-16(22)15-12-5-4-11(21(23)24)7-14(12)20(19-15)8-9-2-3-10(18)6-13(9)17/h2-7H,8H2,1H3. The number of fused-ring (bicyclic) bond motifs is 1. The van der Waals surface area contributed by atoms with Gasteiger partial charge in [-0.05, 0) is 23.8 Å². The van der Waals surface area contributed by atoms with Crippen LogP contribution < -0.4 is 0 Å². The smallest absolute Gasteiger partial charge is 0.359 e. The van der Waals surface area contributed by atoms with E-state index in [-0.39, 0.29) is 22.9 Å². The van der Waals surface area contributed by atoms with Crippen LogP contribution in [0.5, 0.6) is 0 Å². The fraction of sp³-hybridized carbons (Fsp3) is 0.125. The molecule has 25 heavy (non-hydrogen) atoms. The van der Waals surface area contributed by atoms with E-state index in [1.54, 1.807) is 0 Å². The van der Waals surface area contributed by atoms with E-state index in [1.807, 2.05) is 0 Å². The first-order valence-corrected chi connectivity index (χ1v) is 7.45. The normalized spacial score (nSPS) is 10.8. The predicted molar refractivity (Wildman–Crippen MR) is 88.2 cm³/mol. The van der Waals surface area contributed by atoms with Crippen molar-refractivity contribution in [2.24, 2.45) is 0 Å². The monoisotopic (exact) mass is 363 g/mol. The molecule has 0 fully saturated rings. The van der Waals surface area contributed by atoms with Crippen LogP contribution in [0.2, 0.25) is 5.02 Å². The molecule has 0 aliphatic carbocycles. The van der Waals surface area contributed by atoms with Crippen molar-refractivity contribution in [3.63, 3.8) is 0 Å². The highest BCUT2D eigenvalue weighted by Gasteiger charge is 2.20. The lowest BCUT2D eigenvalue weighted by atomic mass is 10.2. The molecule has 128 valence electrons. The van der Waals surface area contributed by atoms with Crippen molar-refractivity contribution in [2.45, 2.75) is 6.54 Å². The minimum absolute atomic E-state index is 0.0330. The predicted octanol–water partition coefficient (Wildman–Crippen LogP) is 3.57. The second kappa shape index (κ2) is 6.48. The van der Waals surface area contributed by atoms with Gasteiger partial charge >= 0.3 is 5.97 Å². The number of aromatic nitrogens is 2. The summed E-state index contributed by atoms with van der Waals surface area (Å²) in [5, 5.41) is 15.8. The minimum atomic E-state index is -0.664. The maximum Gasteiger partial charge on any atom is 0.359 e. The average Bonchev–Trinajstić information content (AvgIpc) is 2.94. The molecular formula is C16H11ClFN3O4. The quantitative estimate of drug-likeness (QED) is 0.401. The summed E-state index contributed by atoms with van der Waals surface area (Å²) in [4.78, 5) is 22.4. The van der Waals surface area contributed by atoms with Gasteiger partial charge in [-0.2, -0.15) is 5.10 Å². The fourth-order valence-electron chi connectivity index (χ4n) is 2.46. The van der Waals surface area contributed by atoms with Gasteiger partial charge in [0, 0.05) is 22.5 Å². The van der Waals surface area contributed by atoms with Crippen LogP contribution in [0.1, 0.15) is 16.1 Å². The SMILES string of the molecule is COC(=O)c1nn(Cc2ccc(F)cc2Cl)c2cc([N+](=O)[O-])ccc12. The molecule has 2 aromatic carbocycles. The Hall–Kier alpha value is -3.00. The summed E-state index contributed by atoms with van der Waals surface area (Å²) in [6.07, 6.45) is 0. The molecule has 0 aliphatic rings. The van der Waals surface area contributed by atoms with Crippen molar-refractivity contribution in [2.75, 3.05) is 7.11 Å². The molecule has 0 saturated heterocycles. The Bertz CT molecular complexity index is 1000. The van der Waals surface area contributed by atoms with Crippen LogP contribution in [0, 0.1) is 15.9 Å². The summed E-state index contributed by atoms with van der Waals surface area (Å²) in [6, 6.07) is 7.93. The molecule has 0 atom stereocenters. The lowest BCUT2D eigenvalue weighted by Crippen LogP contribution is -2.06. The first-order valence-electron chi connectivity index (χ1n) is 7.08. The van der Waals surface area contributed by atoms with Gasteiger partial charge in [0.25, 0.3) is 5.69 Å². The first-order chi connectivity index (χ1) is 11.9. The molecule has 3 rings (SSSR count). The van der Waals surface area contributed by atoms with E-state index in [0.717, 1.165) is 6.07 Å². The highest BCUT2D eigenvalue weighted by atomic mass is 35.5. The van der Waals surface area contributed by atoms with Crippen LogP contribution in [0.4, 0.5) is 10.1 Å². The molecule has 0 bridgehead atoms. The number of methoxy groups -OCH3 is 1. The fourth-order valence-corrected chi connectivity index (χ4v) is 2.68. The number of nitro benzene ring substituents is 1. The zero-order valence-corrected chi connectivity index (χ0v) is 13.7. The van der Waals surface area contributed by atoms with E-state index in [0.29, 0.717) is 16.5 Å². The number of ether oxygens (including phenoxy) is 1. The summed E-state index contributed by atoms with van der Waals surface area (Å²) in [6.45, 7) is 0.105. The van der Waals surface area contributed by atoms with Gasteiger partial charge in [-0.1, -0.05) is 17.7 Å². The largest absolute Gasteiger partial charge is 0.464 e. The van der Waals surface area contributed by atoms with Gasteiger partial charge in [0.15, 0.2) is 5.69 Å². The number of carbonyl (C=O) groups is 1. The van der Waals surface area contributed by atoms with Crippen molar-refractivity contribution in [3.05, 3.63) is 68.6 Å². The van der Waals surface area contributed by atoms with Gasteiger partial charge in [0.2, 0.25) is 0 Å². The molecule has 1 aromatic heterocycles. The van der Waals surface area contributed by atoms with Crippen LogP contribution in [0.3, 0.4) is 0 Å². The number of esters is 1. The van der Waals surface area contributed by atoms with Gasteiger partial charge in [-0.15, -0.1) is 0 Å². The Balaban J connectivity index is 2.16. The number of rotatable bonds is 4. The third kappa shape index (κ3) is 3.16. The topological polar surface area (TPSA) is 87.3 Å². The highest BCUT2D eigenvalue weighted by Crippen LogP contribution is 2.26. The van der Waals surface area contributed by atoms with Crippen LogP contribution >= 0.6 is 11.6 Å². The summed E-state index contributed by atoms with van der Waals surface area (Å²) in [5.41, 5.74) is 0.811. The van der Waals surface area contributed by atoms with E-state index >= 15 is 0 Å². The molecule has 0 aliphatic heterocycles. The molecule has 0 spiro atoms. The molecule has 0 unspecified atom stereocenters. The molecule has 0 saturated carbocycles. The van der Waals surface area contributed by atoms with E-state index in [4.69, 9.17) is 16.3 Å². The molecule has 0 N–H and O–H groups in total. The molecule has 0 radical (unpaired) electrons. The van der Waals surface area contributed by atoms with Gasteiger partial charge in [0.05, 0.1) is 24.1 Å². The average molecular weight is 364 g/mol. The van der Waals surface area contributed by atoms with Gasteiger partial charge in [-0.25, -0.2) is 9.18 Å².